The molecular formula is C25H21N3O4. The highest BCUT2D eigenvalue weighted by Gasteiger charge is 2.51. The number of fused-ring (bicyclic) bond motifs is 1. The van der Waals surface area contributed by atoms with Gasteiger partial charge in [-0.3, -0.25) is 14.6 Å². The lowest BCUT2D eigenvalue weighted by molar-refractivity contribution is -0.118. The molecule has 0 unspecified atom stereocenters. The Morgan fingerprint density at radius 1 is 1.06 bits per heavy atom. The molecule has 1 aromatic heterocycles. The van der Waals surface area contributed by atoms with E-state index in [1.807, 2.05) is 43.3 Å². The second kappa shape index (κ2) is 7.60. The van der Waals surface area contributed by atoms with Gasteiger partial charge in [-0.1, -0.05) is 18.2 Å². The van der Waals surface area contributed by atoms with E-state index in [2.05, 4.69) is 22.0 Å². The fourth-order valence-electron chi connectivity index (χ4n) is 3.99. The number of pyridine rings is 1. The number of aliphatic imine (C=N–C) groups is 1. The molecule has 160 valence electrons. The number of hydrogen-bond donors (Lipinski definition) is 1. The Balaban J connectivity index is 1.39. The Hall–Kier alpha value is -4.00. The Kier molecular flexibility index (Phi) is 4.74. The molecule has 1 aliphatic carbocycles. The number of hydrogen-bond acceptors (Lipinski definition) is 5. The third kappa shape index (κ3) is 3.41. The van der Waals surface area contributed by atoms with Crippen molar-refractivity contribution in [1.29, 1.82) is 0 Å². The summed E-state index contributed by atoms with van der Waals surface area (Å²) in [4.78, 5) is 32.8. The summed E-state index contributed by atoms with van der Waals surface area (Å²) in [6.45, 7) is 5.38. The molecule has 0 bridgehead atoms. The monoisotopic (exact) mass is 427 g/mol. The average molecular weight is 427 g/mol. The van der Waals surface area contributed by atoms with Crippen LogP contribution in [0.3, 0.4) is 0 Å². The van der Waals surface area contributed by atoms with Gasteiger partial charge in [0.25, 0.3) is 5.91 Å². The van der Waals surface area contributed by atoms with Gasteiger partial charge >= 0.3 is 0 Å². The van der Waals surface area contributed by atoms with Gasteiger partial charge in [0, 0.05) is 16.8 Å². The third-order valence-electron chi connectivity index (χ3n) is 6.04. The lowest BCUT2D eigenvalue weighted by atomic mass is 9.94. The summed E-state index contributed by atoms with van der Waals surface area (Å²) < 4.78 is 10.9. The molecule has 0 atom stereocenters. The van der Waals surface area contributed by atoms with Crippen LogP contribution >= 0.6 is 0 Å². The molecular weight excluding hydrogens is 406 g/mol. The lowest BCUT2D eigenvalue weighted by Crippen LogP contribution is -2.27. The second-order valence-electron chi connectivity index (χ2n) is 8.00. The van der Waals surface area contributed by atoms with E-state index in [0.717, 1.165) is 35.2 Å². The largest absolute Gasteiger partial charge is 0.454 e. The SMILES string of the molecule is C=NC(=O)c1ccc(-c2cc(NC(=O)C3(c4ccc5c(c4)OCO5)CC3)cnc2C)cc1. The highest BCUT2D eigenvalue weighted by molar-refractivity contribution is 6.02. The Labute approximate surface area is 185 Å². The predicted molar refractivity (Wildman–Crippen MR) is 120 cm³/mol. The molecule has 32 heavy (non-hydrogen) atoms. The standard InChI is InChI=1S/C25H21N3O4/c1-15-20(16-3-5-17(6-4-16)23(29)26-2)12-19(13-27-15)28-24(30)25(9-10-25)18-7-8-21-22(11-18)32-14-31-21/h3-8,11-13H,2,9-10,14H2,1H3,(H,28,30). The van der Waals surface area contributed by atoms with Crippen LogP contribution in [0.25, 0.3) is 11.1 Å². The molecule has 1 N–H and O–H groups in total. The van der Waals surface area contributed by atoms with Gasteiger partial charge in [-0.05, 0) is 67.9 Å². The molecule has 1 fully saturated rings. The zero-order valence-corrected chi connectivity index (χ0v) is 17.6. The van der Waals surface area contributed by atoms with Crippen LogP contribution in [0.1, 0.15) is 34.5 Å². The number of aromatic nitrogens is 1. The Morgan fingerprint density at radius 2 is 1.81 bits per heavy atom. The van der Waals surface area contributed by atoms with Gasteiger partial charge in [-0.25, -0.2) is 4.99 Å². The van der Waals surface area contributed by atoms with Gasteiger partial charge < -0.3 is 14.8 Å². The molecule has 7 heteroatoms. The third-order valence-corrected chi connectivity index (χ3v) is 6.04. The van der Waals surface area contributed by atoms with E-state index in [1.165, 1.54) is 0 Å². The summed E-state index contributed by atoms with van der Waals surface area (Å²) >= 11 is 0. The van der Waals surface area contributed by atoms with Crippen molar-refractivity contribution in [3.05, 3.63) is 71.5 Å². The van der Waals surface area contributed by atoms with E-state index in [0.29, 0.717) is 22.7 Å². The summed E-state index contributed by atoms with van der Waals surface area (Å²) in [5, 5.41) is 3.04. The van der Waals surface area contributed by atoms with Crippen molar-refractivity contribution in [2.75, 3.05) is 12.1 Å². The highest BCUT2D eigenvalue weighted by atomic mass is 16.7. The maximum Gasteiger partial charge on any atom is 0.276 e. The molecule has 1 saturated carbocycles. The van der Waals surface area contributed by atoms with Crippen molar-refractivity contribution in [1.82, 2.24) is 4.98 Å². The van der Waals surface area contributed by atoms with Crippen LogP contribution in [0, 0.1) is 6.92 Å². The summed E-state index contributed by atoms with van der Waals surface area (Å²) in [5.41, 5.74) is 4.04. The molecule has 1 aliphatic heterocycles. The van der Waals surface area contributed by atoms with Gasteiger partial charge in [0.1, 0.15) is 0 Å². The number of ether oxygens (including phenoxy) is 2. The molecule has 7 nitrogen and oxygen atoms in total. The summed E-state index contributed by atoms with van der Waals surface area (Å²) in [5.74, 6) is 0.944. The average Bonchev–Trinajstić information content (AvgIpc) is 3.50. The first-order chi connectivity index (χ1) is 15.5. The van der Waals surface area contributed by atoms with Crippen LogP contribution in [-0.2, 0) is 10.2 Å². The maximum absolute atomic E-state index is 13.2. The molecule has 2 aliphatic rings. The zero-order valence-electron chi connectivity index (χ0n) is 17.6. The first-order valence-electron chi connectivity index (χ1n) is 10.3. The number of nitrogens with one attached hydrogen (secondary N) is 1. The number of anilines is 1. The topological polar surface area (TPSA) is 89.9 Å². The first-order valence-corrected chi connectivity index (χ1v) is 10.3. The summed E-state index contributed by atoms with van der Waals surface area (Å²) in [6, 6.07) is 14.7. The smallest absolute Gasteiger partial charge is 0.276 e. The van der Waals surface area contributed by atoms with E-state index < -0.39 is 5.41 Å². The zero-order chi connectivity index (χ0) is 22.3. The fraction of sp³-hybridized carbons (Fsp3) is 0.200. The normalized spacial score (nSPS) is 15.2. The Morgan fingerprint density at radius 3 is 2.53 bits per heavy atom. The van der Waals surface area contributed by atoms with Gasteiger partial charge in [-0.2, -0.15) is 0 Å². The minimum Gasteiger partial charge on any atom is -0.454 e. The van der Waals surface area contributed by atoms with Crippen molar-refractivity contribution >= 4 is 24.2 Å². The van der Waals surface area contributed by atoms with Crippen LogP contribution < -0.4 is 14.8 Å². The van der Waals surface area contributed by atoms with Gasteiger partial charge in [0.2, 0.25) is 12.7 Å². The van der Waals surface area contributed by atoms with Crippen molar-refractivity contribution in [3.63, 3.8) is 0 Å². The van der Waals surface area contributed by atoms with Crippen LogP contribution in [-0.4, -0.2) is 30.3 Å². The Bertz CT molecular complexity index is 1250. The van der Waals surface area contributed by atoms with E-state index in [4.69, 9.17) is 9.47 Å². The molecule has 5 rings (SSSR count). The van der Waals surface area contributed by atoms with E-state index >= 15 is 0 Å². The molecule has 3 aromatic rings. The number of amides is 2. The fourth-order valence-corrected chi connectivity index (χ4v) is 3.99. The summed E-state index contributed by atoms with van der Waals surface area (Å²) in [6.07, 6.45) is 3.21. The molecule has 0 spiro atoms. The highest BCUT2D eigenvalue weighted by Crippen LogP contribution is 2.51. The maximum atomic E-state index is 13.2. The molecule has 0 radical (unpaired) electrons. The number of benzene rings is 2. The molecule has 2 aromatic carbocycles. The van der Waals surface area contributed by atoms with Crippen LogP contribution in [0.2, 0.25) is 0 Å². The van der Waals surface area contributed by atoms with Crippen LogP contribution in [0.5, 0.6) is 11.5 Å². The van der Waals surface area contributed by atoms with Gasteiger partial charge in [-0.15, -0.1) is 0 Å². The summed E-state index contributed by atoms with van der Waals surface area (Å²) in [7, 11) is 0. The number of nitrogens with zero attached hydrogens (tertiary/aromatic N) is 2. The molecule has 0 saturated heterocycles. The van der Waals surface area contributed by atoms with Gasteiger partial charge in [0.05, 0.1) is 17.3 Å². The number of carbonyl (C=O) groups is 2. The van der Waals surface area contributed by atoms with Crippen molar-refractivity contribution in [2.45, 2.75) is 25.2 Å². The predicted octanol–water partition coefficient (Wildman–Crippen LogP) is 4.30. The van der Waals surface area contributed by atoms with Gasteiger partial charge in [0.15, 0.2) is 11.5 Å². The van der Waals surface area contributed by atoms with E-state index in [1.54, 1.807) is 18.3 Å². The van der Waals surface area contributed by atoms with Crippen molar-refractivity contribution in [3.8, 4) is 22.6 Å². The molecule has 2 heterocycles. The van der Waals surface area contributed by atoms with E-state index in [9.17, 15) is 9.59 Å². The minimum atomic E-state index is -0.564. The molecule has 2 amide bonds. The second-order valence-corrected chi connectivity index (χ2v) is 8.00. The quantitative estimate of drug-likeness (QED) is 0.614. The van der Waals surface area contributed by atoms with Crippen LogP contribution in [0.4, 0.5) is 5.69 Å². The first kappa shape index (κ1) is 19.9. The number of carbonyl (C=O) groups excluding carboxylic acids is 2. The van der Waals surface area contributed by atoms with Crippen molar-refractivity contribution < 1.29 is 19.1 Å². The minimum absolute atomic E-state index is 0.0639. The number of rotatable bonds is 5. The van der Waals surface area contributed by atoms with Crippen LogP contribution in [0.15, 0.2) is 59.7 Å². The van der Waals surface area contributed by atoms with E-state index in [-0.39, 0.29) is 18.6 Å². The van der Waals surface area contributed by atoms with Crippen molar-refractivity contribution in [2.24, 2.45) is 4.99 Å². The number of aryl methyl sites for hydroxylation is 1. The lowest BCUT2D eigenvalue weighted by Gasteiger charge is -2.17.